The number of hydrogen-bond acceptors (Lipinski definition) is 5. The summed E-state index contributed by atoms with van der Waals surface area (Å²) in [4.78, 5) is 2.07. The smallest absolute Gasteiger partial charge is 0.151 e. The van der Waals surface area contributed by atoms with Gasteiger partial charge in [0.2, 0.25) is 0 Å². The molecule has 0 radical (unpaired) electrons. The third-order valence-electron chi connectivity index (χ3n) is 5.46. The van der Waals surface area contributed by atoms with E-state index < -0.39 is 15.9 Å². The average molecular weight is 452 g/mol. The topological polar surface area (TPSA) is 66.8 Å². The number of aliphatic hydroxyl groups excluding tert-OH is 1. The Labute approximate surface area is 184 Å². The highest BCUT2D eigenvalue weighted by Crippen LogP contribution is 2.22. The maximum Gasteiger partial charge on any atom is 0.151 e. The second-order valence-corrected chi connectivity index (χ2v) is 11.0. The van der Waals surface area contributed by atoms with Gasteiger partial charge in [-0.25, -0.2) is 8.42 Å². The molecule has 2 aromatic rings. The molecule has 30 heavy (non-hydrogen) atoms. The van der Waals surface area contributed by atoms with Gasteiger partial charge in [-0.2, -0.15) is 0 Å². The lowest BCUT2D eigenvalue weighted by molar-refractivity contribution is 0.0525. The molecule has 0 bridgehead atoms. The highest BCUT2D eigenvalue weighted by atomic mass is 35.5. The first kappa shape index (κ1) is 23.1. The highest BCUT2D eigenvalue weighted by molar-refractivity contribution is 7.91. The molecule has 1 aliphatic heterocycles. The predicted molar refractivity (Wildman–Crippen MR) is 121 cm³/mol. The summed E-state index contributed by atoms with van der Waals surface area (Å²) >= 11 is 5.88. The molecule has 1 fully saturated rings. The summed E-state index contributed by atoms with van der Waals surface area (Å²) in [5, 5.41) is 11.2. The van der Waals surface area contributed by atoms with Crippen LogP contribution in [-0.4, -0.2) is 55.2 Å². The van der Waals surface area contributed by atoms with Crippen LogP contribution in [0.25, 0.3) is 0 Å². The number of aliphatic hydroxyl groups is 1. The predicted octanol–water partition coefficient (Wildman–Crippen LogP) is 3.89. The third-order valence-corrected chi connectivity index (χ3v) is 7.46. The Bertz CT molecular complexity index is 913. The van der Waals surface area contributed by atoms with Crippen LogP contribution in [0.3, 0.4) is 0 Å². The van der Waals surface area contributed by atoms with E-state index in [0.717, 1.165) is 5.56 Å². The third kappa shape index (κ3) is 6.71. The van der Waals surface area contributed by atoms with Gasteiger partial charge < -0.3 is 9.84 Å². The van der Waals surface area contributed by atoms with Gasteiger partial charge in [-0.3, -0.25) is 4.90 Å². The number of hydrogen-bond donors (Lipinski definition) is 1. The number of sulfone groups is 1. The van der Waals surface area contributed by atoms with Crippen LogP contribution in [0, 0.1) is 0 Å². The summed E-state index contributed by atoms with van der Waals surface area (Å²) in [6, 6.07) is 15.3. The van der Waals surface area contributed by atoms with Crippen molar-refractivity contribution in [3.8, 4) is 5.75 Å². The van der Waals surface area contributed by atoms with Crippen molar-refractivity contribution in [2.24, 2.45) is 0 Å². The molecule has 5 nitrogen and oxygen atoms in total. The van der Waals surface area contributed by atoms with E-state index in [-0.39, 0.29) is 24.2 Å². The normalized spacial score (nSPS) is 19.3. The monoisotopic (exact) mass is 451 g/mol. The van der Waals surface area contributed by atoms with Gasteiger partial charge in [0.1, 0.15) is 18.5 Å². The molecule has 2 aromatic carbocycles. The Morgan fingerprint density at radius 1 is 1.13 bits per heavy atom. The fourth-order valence-corrected chi connectivity index (χ4v) is 5.58. The first-order valence-electron chi connectivity index (χ1n) is 10.3. The van der Waals surface area contributed by atoms with Gasteiger partial charge in [0.15, 0.2) is 9.84 Å². The van der Waals surface area contributed by atoms with Gasteiger partial charge in [0.25, 0.3) is 0 Å². The van der Waals surface area contributed by atoms with Crippen molar-refractivity contribution in [2.45, 2.75) is 44.9 Å². The zero-order chi connectivity index (χ0) is 21.7. The first-order chi connectivity index (χ1) is 14.2. The minimum Gasteiger partial charge on any atom is -0.491 e. The van der Waals surface area contributed by atoms with E-state index in [0.29, 0.717) is 36.2 Å². The van der Waals surface area contributed by atoms with Gasteiger partial charge >= 0.3 is 0 Å². The van der Waals surface area contributed by atoms with Crippen molar-refractivity contribution < 1.29 is 18.3 Å². The molecular formula is C23H30ClNO4S. The van der Waals surface area contributed by atoms with Crippen LogP contribution in [0.1, 0.15) is 37.3 Å². The molecular weight excluding hydrogens is 422 g/mol. The SMILES string of the molecule is CC(C)c1ccc(CN(CC(O)COc2ccc(Cl)cc2)C2CCS(=O)(=O)C2)cc1. The minimum atomic E-state index is -3.01. The Hall–Kier alpha value is -1.60. The van der Waals surface area contributed by atoms with Crippen LogP contribution in [0.15, 0.2) is 48.5 Å². The van der Waals surface area contributed by atoms with Gasteiger partial charge in [-0.15, -0.1) is 0 Å². The van der Waals surface area contributed by atoms with Crippen LogP contribution in [0.5, 0.6) is 5.75 Å². The van der Waals surface area contributed by atoms with E-state index in [4.69, 9.17) is 16.3 Å². The Morgan fingerprint density at radius 3 is 2.37 bits per heavy atom. The van der Waals surface area contributed by atoms with Gasteiger partial charge in [-0.05, 0) is 47.7 Å². The van der Waals surface area contributed by atoms with Crippen molar-refractivity contribution in [2.75, 3.05) is 24.7 Å². The Morgan fingerprint density at radius 2 is 1.80 bits per heavy atom. The van der Waals surface area contributed by atoms with E-state index in [9.17, 15) is 13.5 Å². The van der Waals surface area contributed by atoms with E-state index in [1.807, 2.05) is 0 Å². The first-order valence-corrected chi connectivity index (χ1v) is 12.5. The number of nitrogens with zero attached hydrogens (tertiary/aromatic N) is 1. The molecule has 0 amide bonds. The second kappa shape index (κ2) is 10.1. The molecule has 1 aliphatic rings. The van der Waals surface area contributed by atoms with Crippen molar-refractivity contribution in [1.82, 2.24) is 4.90 Å². The van der Waals surface area contributed by atoms with Crippen molar-refractivity contribution >= 4 is 21.4 Å². The highest BCUT2D eigenvalue weighted by Gasteiger charge is 2.33. The Balaban J connectivity index is 1.65. The maximum absolute atomic E-state index is 12.0. The molecule has 2 unspecified atom stereocenters. The summed E-state index contributed by atoms with van der Waals surface area (Å²) in [5.41, 5.74) is 2.37. The van der Waals surface area contributed by atoms with E-state index in [2.05, 4.69) is 43.0 Å². The van der Waals surface area contributed by atoms with Crippen LogP contribution in [0.2, 0.25) is 5.02 Å². The van der Waals surface area contributed by atoms with E-state index in [1.165, 1.54) is 5.56 Å². The average Bonchev–Trinajstić information content (AvgIpc) is 3.07. The fraction of sp³-hybridized carbons (Fsp3) is 0.478. The van der Waals surface area contributed by atoms with Crippen LogP contribution < -0.4 is 4.74 Å². The quantitative estimate of drug-likeness (QED) is 0.626. The zero-order valence-electron chi connectivity index (χ0n) is 17.5. The van der Waals surface area contributed by atoms with E-state index in [1.54, 1.807) is 24.3 Å². The molecule has 0 spiro atoms. The van der Waals surface area contributed by atoms with Gasteiger partial charge in [0.05, 0.1) is 11.5 Å². The van der Waals surface area contributed by atoms with Gasteiger partial charge in [-0.1, -0.05) is 49.7 Å². The number of rotatable bonds is 9. The molecule has 0 aliphatic carbocycles. The summed E-state index contributed by atoms with van der Waals surface area (Å²) in [7, 11) is -3.01. The molecule has 164 valence electrons. The molecule has 1 heterocycles. The van der Waals surface area contributed by atoms with Crippen molar-refractivity contribution in [3.05, 3.63) is 64.7 Å². The molecule has 7 heteroatoms. The van der Waals surface area contributed by atoms with Crippen molar-refractivity contribution in [3.63, 3.8) is 0 Å². The van der Waals surface area contributed by atoms with Crippen molar-refractivity contribution in [1.29, 1.82) is 0 Å². The fourth-order valence-electron chi connectivity index (χ4n) is 3.70. The molecule has 3 rings (SSSR count). The second-order valence-electron chi connectivity index (χ2n) is 8.30. The van der Waals surface area contributed by atoms with Gasteiger partial charge in [0, 0.05) is 24.2 Å². The minimum absolute atomic E-state index is 0.0926. The van der Waals surface area contributed by atoms with E-state index >= 15 is 0 Å². The lowest BCUT2D eigenvalue weighted by Crippen LogP contribution is -2.42. The summed E-state index contributed by atoms with van der Waals surface area (Å²) in [5.74, 6) is 1.44. The lowest BCUT2D eigenvalue weighted by Gasteiger charge is -2.30. The summed E-state index contributed by atoms with van der Waals surface area (Å²) in [6.45, 7) is 5.38. The summed E-state index contributed by atoms with van der Waals surface area (Å²) < 4.78 is 29.7. The molecule has 1 N–H and O–H groups in total. The molecule has 1 saturated heterocycles. The molecule has 0 aromatic heterocycles. The number of halogens is 1. The zero-order valence-corrected chi connectivity index (χ0v) is 19.1. The largest absolute Gasteiger partial charge is 0.491 e. The van der Waals surface area contributed by atoms with Crippen LogP contribution >= 0.6 is 11.6 Å². The Kier molecular flexibility index (Phi) is 7.80. The maximum atomic E-state index is 12.0. The standard InChI is InChI=1S/C23H30ClNO4S/c1-17(2)19-5-3-18(4-6-19)13-25(21-11-12-30(27,28)16-21)14-22(26)15-29-23-9-7-20(24)8-10-23/h3-10,17,21-22,26H,11-16H2,1-2H3. The molecule has 0 saturated carbocycles. The lowest BCUT2D eigenvalue weighted by atomic mass is 10.0. The molecule has 2 atom stereocenters. The van der Waals surface area contributed by atoms with Crippen LogP contribution in [0.4, 0.5) is 0 Å². The summed E-state index contributed by atoms with van der Waals surface area (Å²) in [6.07, 6.45) is -0.143. The number of ether oxygens (including phenoxy) is 1. The van der Waals surface area contributed by atoms with Crippen LogP contribution in [-0.2, 0) is 16.4 Å². The number of benzene rings is 2.